The van der Waals surface area contributed by atoms with Crippen LogP contribution in [-0.4, -0.2) is 75.5 Å². The molecule has 5 rings (SSSR count). The molecule has 10 nitrogen and oxygen atoms in total. The molecule has 1 saturated carbocycles. The highest BCUT2D eigenvalue weighted by Gasteiger charge is 2.33. The molecule has 1 unspecified atom stereocenters. The number of alkyl halides is 2. The van der Waals surface area contributed by atoms with Crippen LogP contribution >= 0.6 is 0 Å². The monoisotopic (exact) mass is 500 g/mol. The van der Waals surface area contributed by atoms with E-state index in [0.29, 0.717) is 36.7 Å². The summed E-state index contributed by atoms with van der Waals surface area (Å²) in [7, 11) is 1.72. The summed E-state index contributed by atoms with van der Waals surface area (Å²) >= 11 is 0. The number of anilines is 3. The molecule has 0 radical (unpaired) electrons. The Kier molecular flexibility index (Phi) is 6.86. The Bertz CT molecular complexity index is 1300. The van der Waals surface area contributed by atoms with Gasteiger partial charge in [-0.1, -0.05) is 0 Å². The Morgan fingerprint density at radius 3 is 2.69 bits per heavy atom. The molecule has 0 aromatic carbocycles. The van der Waals surface area contributed by atoms with Crippen molar-refractivity contribution in [2.75, 3.05) is 44.0 Å². The lowest BCUT2D eigenvalue weighted by atomic mass is 9.90. The summed E-state index contributed by atoms with van der Waals surface area (Å²) in [6.07, 6.45) is 4.73. The summed E-state index contributed by atoms with van der Waals surface area (Å²) in [5.41, 5.74) is 0.676. The zero-order chi connectivity index (χ0) is 25.2. The Morgan fingerprint density at radius 2 is 2.03 bits per heavy atom. The number of carbonyl (C=O) groups is 1. The van der Waals surface area contributed by atoms with Gasteiger partial charge in [-0.3, -0.25) is 9.59 Å². The van der Waals surface area contributed by atoms with E-state index in [1.165, 1.54) is 10.7 Å². The maximum Gasteiger partial charge on any atom is 0.274 e. The van der Waals surface area contributed by atoms with Crippen LogP contribution in [0.3, 0.4) is 0 Å². The molecule has 0 spiro atoms. The van der Waals surface area contributed by atoms with Gasteiger partial charge in [0, 0.05) is 45.0 Å². The third kappa shape index (κ3) is 4.64. The molecule has 0 bridgehead atoms. The van der Waals surface area contributed by atoms with E-state index in [4.69, 9.17) is 0 Å². The highest BCUT2D eigenvalue weighted by molar-refractivity contribution is 6.00. The second kappa shape index (κ2) is 10.2. The second-order valence-corrected chi connectivity index (χ2v) is 9.26. The van der Waals surface area contributed by atoms with E-state index in [1.54, 1.807) is 36.0 Å². The van der Waals surface area contributed by atoms with Crippen LogP contribution in [0.25, 0.3) is 5.65 Å². The van der Waals surface area contributed by atoms with E-state index < -0.39 is 18.1 Å². The van der Waals surface area contributed by atoms with Crippen LogP contribution in [0.1, 0.15) is 42.1 Å². The second-order valence-electron chi connectivity index (χ2n) is 9.26. The Morgan fingerprint density at radius 1 is 1.22 bits per heavy atom. The normalized spacial score (nSPS) is 20.8. The lowest BCUT2D eigenvalue weighted by molar-refractivity contribution is 0.0826. The molecule has 2 fully saturated rings. The summed E-state index contributed by atoms with van der Waals surface area (Å²) in [6.45, 7) is 1.55. The number of nitrogens with one attached hydrogen (secondary N) is 3. The topological polar surface area (TPSA) is 109 Å². The SMILES string of the molecule is CNc1cc(Nc2cccn(C3CCN(CCF)CC3)c2=O)nc2c(C(=O)NC3CC[C@H]3F)cnn12. The number of piperidine rings is 1. The molecule has 192 valence electrons. The van der Waals surface area contributed by atoms with E-state index in [-0.39, 0.29) is 29.5 Å². The Hall–Kier alpha value is -3.54. The van der Waals surface area contributed by atoms with Crippen LogP contribution in [0.15, 0.2) is 35.4 Å². The number of aromatic nitrogens is 4. The first-order valence-corrected chi connectivity index (χ1v) is 12.3. The molecule has 12 heteroatoms. The van der Waals surface area contributed by atoms with Crippen molar-refractivity contribution in [3.05, 3.63) is 46.5 Å². The number of fused-ring (bicyclic) bond motifs is 1. The third-order valence-corrected chi connectivity index (χ3v) is 7.07. The fraction of sp³-hybridized carbons (Fsp3) is 0.500. The molecular formula is C24H30F2N8O2. The van der Waals surface area contributed by atoms with Crippen LogP contribution in [0.5, 0.6) is 0 Å². The molecule has 2 aliphatic rings. The van der Waals surface area contributed by atoms with Crippen LogP contribution in [-0.2, 0) is 0 Å². The molecule has 1 aliphatic heterocycles. The molecule has 36 heavy (non-hydrogen) atoms. The van der Waals surface area contributed by atoms with Crippen LogP contribution in [0.4, 0.5) is 26.1 Å². The maximum atomic E-state index is 13.7. The van der Waals surface area contributed by atoms with E-state index in [9.17, 15) is 18.4 Å². The van der Waals surface area contributed by atoms with Gasteiger partial charge < -0.3 is 25.4 Å². The van der Waals surface area contributed by atoms with Gasteiger partial charge in [0.05, 0.1) is 12.2 Å². The quantitative estimate of drug-likeness (QED) is 0.436. The van der Waals surface area contributed by atoms with Gasteiger partial charge in [-0.15, -0.1) is 0 Å². The number of pyridine rings is 1. The number of hydrogen-bond acceptors (Lipinski definition) is 7. The smallest absolute Gasteiger partial charge is 0.274 e. The van der Waals surface area contributed by atoms with Crippen LogP contribution < -0.4 is 21.5 Å². The van der Waals surface area contributed by atoms with Gasteiger partial charge in [-0.2, -0.15) is 9.61 Å². The first-order valence-electron chi connectivity index (χ1n) is 12.3. The number of nitrogens with zero attached hydrogens (tertiary/aromatic N) is 5. The van der Waals surface area contributed by atoms with Gasteiger partial charge >= 0.3 is 0 Å². The lowest BCUT2D eigenvalue weighted by Gasteiger charge is -2.32. The Labute approximate surface area is 206 Å². The largest absolute Gasteiger partial charge is 0.373 e. The molecule has 4 heterocycles. The Balaban J connectivity index is 1.40. The average Bonchev–Trinajstić information content (AvgIpc) is 3.32. The molecule has 1 saturated heterocycles. The van der Waals surface area contributed by atoms with Crippen molar-refractivity contribution in [1.29, 1.82) is 0 Å². The van der Waals surface area contributed by atoms with E-state index >= 15 is 0 Å². The van der Waals surface area contributed by atoms with Crippen molar-refractivity contribution in [1.82, 2.24) is 29.4 Å². The van der Waals surface area contributed by atoms with Crippen LogP contribution in [0.2, 0.25) is 0 Å². The van der Waals surface area contributed by atoms with Crippen molar-refractivity contribution in [3.8, 4) is 0 Å². The van der Waals surface area contributed by atoms with E-state index in [1.807, 2.05) is 0 Å². The summed E-state index contributed by atoms with van der Waals surface area (Å²) in [6, 6.07) is 4.72. The molecule has 3 aromatic heterocycles. The number of amides is 1. The van der Waals surface area contributed by atoms with Gasteiger partial charge in [0.15, 0.2) is 5.65 Å². The molecule has 1 amide bonds. The van der Waals surface area contributed by atoms with Crippen molar-refractivity contribution in [3.63, 3.8) is 0 Å². The van der Waals surface area contributed by atoms with Crippen molar-refractivity contribution < 1.29 is 13.6 Å². The zero-order valence-electron chi connectivity index (χ0n) is 20.1. The van der Waals surface area contributed by atoms with Crippen molar-refractivity contribution in [2.45, 2.75) is 43.9 Å². The number of hydrogen-bond donors (Lipinski definition) is 3. The maximum absolute atomic E-state index is 13.7. The third-order valence-electron chi connectivity index (χ3n) is 7.07. The molecule has 3 N–H and O–H groups in total. The lowest BCUT2D eigenvalue weighted by Crippen LogP contribution is -2.48. The van der Waals surface area contributed by atoms with E-state index in [2.05, 4.69) is 30.9 Å². The zero-order valence-corrected chi connectivity index (χ0v) is 20.1. The molecule has 2 atom stereocenters. The van der Waals surface area contributed by atoms with Crippen molar-refractivity contribution >= 4 is 28.9 Å². The van der Waals surface area contributed by atoms with Crippen LogP contribution in [0, 0.1) is 0 Å². The standard InChI is InChI=1S/C24H30F2N8O2/c1-27-21-13-20(31-22-16(14-28-34(21)22)23(35)30-18-5-4-17(18)26)29-19-3-2-9-33(24(19)36)15-6-10-32(11-7-15)12-8-25/h2-3,9,13-15,17-18,27H,4-8,10-12H2,1H3,(H,29,31)(H,30,35)/t17-,18?/m1/s1. The highest BCUT2D eigenvalue weighted by Crippen LogP contribution is 2.26. The minimum Gasteiger partial charge on any atom is -0.373 e. The number of rotatable bonds is 8. The summed E-state index contributed by atoms with van der Waals surface area (Å²) in [5.74, 6) is 0.483. The first-order chi connectivity index (χ1) is 17.5. The van der Waals surface area contributed by atoms with Gasteiger partial charge in [-0.25, -0.2) is 13.8 Å². The summed E-state index contributed by atoms with van der Waals surface area (Å²) in [4.78, 5) is 32.7. The number of halogens is 2. The minimum absolute atomic E-state index is 0.0365. The average molecular weight is 501 g/mol. The van der Waals surface area contributed by atoms with Gasteiger partial charge in [-0.05, 0) is 37.8 Å². The highest BCUT2D eigenvalue weighted by atomic mass is 19.1. The van der Waals surface area contributed by atoms with Crippen molar-refractivity contribution in [2.24, 2.45) is 0 Å². The van der Waals surface area contributed by atoms with E-state index in [0.717, 1.165) is 25.9 Å². The van der Waals surface area contributed by atoms with Gasteiger partial charge in [0.25, 0.3) is 11.5 Å². The van der Waals surface area contributed by atoms with Gasteiger partial charge in [0.2, 0.25) is 0 Å². The number of likely N-dealkylation sites (tertiary alicyclic amines) is 1. The fourth-order valence-electron chi connectivity index (χ4n) is 4.80. The number of carbonyl (C=O) groups excluding carboxylic acids is 1. The minimum atomic E-state index is -1.04. The fourth-order valence-corrected chi connectivity index (χ4v) is 4.80. The molecule has 1 aliphatic carbocycles. The first kappa shape index (κ1) is 24.2. The predicted octanol–water partition coefficient (Wildman–Crippen LogP) is 2.51. The molecule has 3 aromatic rings. The summed E-state index contributed by atoms with van der Waals surface area (Å²) < 4.78 is 29.5. The predicted molar refractivity (Wildman–Crippen MR) is 133 cm³/mol. The summed E-state index contributed by atoms with van der Waals surface area (Å²) in [5, 5.41) is 13.1. The van der Waals surface area contributed by atoms with Gasteiger partial charge in [0.1, 0.15) is 35.7 Å². The molecular weight excluding hydrogens is 470 g/mol.